The molecular formula is C14H15BrFNO3. The molecule has 1 N–H and O–H groups in total. The molecule has 4 nitrogen and oxygen atoms in total. The van der Waals surface area contributed by atoms with Gasteiger partial charge in [-0.2, -0.15) is 0 Å². The van der Waals surface area contributed by atoms with Crippen LogP contribution < -0.4 is 0 Å². The maximum Gasteiger partial charge on any atom is 0.308 e. The third-order valence-electron chi connectivity index (χ3n) is 3.73. The Kier molecular flexibility index (Phi) is 4.42. The molecule has 2 atom stereocenters. The van der Waals surface area contributed by atoms with Crippen LogP contribution in [-0.4, -0.2) is 34.5 Å². The van der Waals surface area contributed by atoms with E-state index in [0.29, 0.717) is 29.4 Å². The second-order valence-corrected chi connectivity index (χ2v) is 5.80. The molecule has 0 bridgehead atoms. The Bertz CT molecular complexity index is 549. The molecule has 6 heteroatoms. The number of hydrogen-bond acceptors (Lipinski definition) is 2. The van der Waals surface area contributed by atoms with Crippen molar-refractivity contribution in [1.82, 2.24) is 4.90 Å². The van der Waals surface area contributed by atoms with Gasteiger partial charge in [-0.25, -0.2) is 4.39 Å². The minimum Gasteiger partial charge on any atom is -0.481 e. The number of benzene rings is 1. The summed E-state index contributed by atoms with van der Waals surface area (Å²) in [4.78, 5) is 25.2. The minimum atomic E-state index is -0.881. The highest BCUT2D eigenvalue weighted by Crippen LogP contribution is 2.27. The number of hydrogen-bond donors (Lipinski definition) is 1. The van der Waals surface area contributed by atoms with Crippen molar-refractivity contribution in [2.45, 2.75) is 25.8 Å². The van der Waals surface area contributed by atoms with E-state index in [1.165, 1.54) is 18.2 Å². The van der Waals surface area contributed by atoms with E-state index in [4.69, 9.17) is 0 Å². The molecule has 0 unspecified atom stereocenters. The van der Waals surface area contributed by atoms with Crippen molar-refractivity contribution < 1.29 is 19.1 Å². The minimum absolute atomic E-state index is 0.268. The van der Waals surface area contributed by atoms with E-state index in [9.17, 15) is 19.1 Å². The average Bonchev–Trinajstić information content (AvgIpc) is 2.38. The van der Waals surface area contributed by atoms with E-state index >= 15 is 0 Å². The Hall–Kier alpha value is -1.43. The number of piperidine rings is 1. The van der Waals surface area contributed by atoms with Gasteiger partial charge < -0.3 is 10.0 Å². The molecule has 1 aromatic carbocycles. The molecule has 1 aliphatic heterocycles. The first-order valence-corrected chi connectivity index (χ1v) is 7.20. The van der Waals surface area contributed by atoms with Crippen molar-refractivity contribution in [2.75, 3.05) is 6.54 Å². The van der Waals surface area contributed by atoms with Gasteiger partial charge in [-0.05, 0) is 53.9 Å². The first-order chi connectivity index (χ1) is 9.41. The summed E-state index contributed by atoms with van der Waals surface area (Å²) in [6.07, 6.45) is 1.23. The molecule has 0 saturated carbocycles. The average molecular weight is 344 g/mol. The fraction of sp³-hybridized carbons (Fsp3) is 0.429. The fourth-order valence-corrected chi connectivity index (χ4v) is 3.10. The van der Waals surface area contributed by atoms with E-state index in [1.807, 2.05) is 0 Å². The van der Waals surface area contributed by atoms with Crippen LogP contribution in [-0.2, 0) is 4.79 Å². The number of halogens is 2. The number of carboxylic acids is 1. The number of carboxylic acid groups (broad SMARTS) is 1. The second kappa shape index (κ2) is 5.91. The molecule has 0 spiro atoms. The Morgan fingerprint density at radius 3 is 2.75 bits per heavy atom. The SMILES string of the molecule is C[C@@H]1[C@H](C(=O)O)CCCN1C(=O)c1ccc(F)cc1Br. The van der Waals surface area contributed by atoms with Crippen molar-refractivity contribution in [1.29, 1.82) is 0 Å². The molecule has 1 fully saturated rings. The molecule has 20 heavy (non-hydrogen) atoms. The van der Waals surface area contributed by atoms with Crippen molar-refractivity contribution in [3.05, 3.63) is 34.1 Å². The largest absolute Gasteiger partial charge is 0.481 e. The van der Waals surface area contributed by atoms with E-state index in [2.05, 4.69) is 15.9 Å². The molecule has 0 aromatic heterocycles. The molecule has 108 valence electrons. The van der Waals surface area contributed by atoms with Crippen LogP contribution in [0.3, 0.4) is 0 Å². The number of likely N-dealkylation sites (tertiary alicyclic amines) is 1. The van der Waals surface area contributed by atoms with Gasteiger partial charge in [0.1, 0.15) is 5.82 Å². The number of carbonyl (C=O) groups is 2. The number of amides is 1. The third-order valence-corrected chi connectivity index (χ3v) is 4.38. The van der Waals surface area contributed by atoms with Crippen LogP contribution in [0.1, 0.15) is 30.1 Å². The summed E-state index contributed by atoms with van der Waals surface area (Å²) in [5.41, 5.74) is 0.351. The standard InChI is InChI=1S/C14H15BrFNO3/c1-8-10(14(19)20)3-2-6-17(8)13(18)11-5-4-9(16)7-12(11)15/h4-5,7-8,10H,2-3,6H2,1H3,(H,19,20)/t8-,10-/m1/s1. The van der Waals surface area contributed by atoms with Crippen LogP contribution in [0.25, 0.3) is 0 Å². The van der Waals surface area contributed by atoms with Crippen LogP contribution in [0.4, 0.5) is 4.39 Å². The van der Waals surface area contributed by atoms with Gasteiger partial charge >= 0.3 is 5.97 Å². The Morgan fingerprint density at radius 2 is 2.15 bits per heavy atom. The third kappa shape index (κ3) is 2.85. The van der Waals surface area contributed by atoms with Gasteiger partial charge in [0.25, 0.3) is 5.91 Å². The van der Waals surface area contributed by atoms with Crippen LogP contribution in [0.15, 0.2) is 22.7 Å². The van der Waals surface area contributed by atoms with Crippen LogP contribution >= 0.6 is 15.9 Å². The van der Waals surface area contributed by atoms with Gasteiger partial charge in [-0.15, -0.1) is 0 Å². The lowest BCUT2D eigenvalue weighted by Gasteiger charge is -2.37. The zero-order valence-electron chi connectivity index (χ0n) is 11.0. The van der Waals surface area contributed by atoms with Gasteiger partial charge in [0.2, 0.25) is 0 Å². The highest BCUT2D eigenvalue weighted by Gasteiger charge is 2.36. The molecule has 1 aromatic rings. The first-order valence-electron chi connectivity index (χ1n) is 6.40. The molecule has 1 aliphatic rings. The number of carbonyl (C=O) groups excluding carboxylic acids is 1. The summed E-state index contributed by atoms with van der Waals surface area (Å²) in [7, 11) is 0. The monoisotopic (exact) mass is 343 g/mol. The molecule has 0 radical (unpaired) electrons. The highest BCUT2D eigenvalue weighted by atomic mass is 79.9. The molecule has 1 heterocycles. The smallest absolute Gasteiger partial charge is 0.308 e. The van der Waals surface area contributed by atoms with E-state index in [-0.39, 0.29) is 11.9 Å². The van der Waals surface area contributed by atoms with Gasteiger partial charge in [0.05, 0.1) is 11.5 Å². The van der Waals surface area contributed by atoms with Crippen molar-refractivity contribution in [3.63, 3.8) is 0 Å². The van der Waals surface area contributed by atoms with Crippen molar-refractivity contribution in [2.24, 2.45) is 5.92 Å². The summed E-state index contributed by atoms with van der Waals surface area (Å²) in [5, 5.41) is 9.17. The van der Waals surface area contributed by atoms with Gasteiger partial charge in [-0.3, -0.25) is 9.59 Å². The number of rotatable bonds is 2. The number of nitrogens with zero attached hydrogens (tertiary/aromatic N) is 1. The van der Waals surface area contributed by atoms with Gasteiger partial charge in [0, 0.05) is 17.1 Å². The summed E-state index contributed by atoms with van der Waals surface area (Å²) >= 11 is 3.17. The summed E-state index contributed by atoms with van der Waals surface area (Å²) in [5.74, 6) is -2.13. The predicted molar refractivity (Wildman–Crippen MR) is 75.0 cm³/mol. The normalized spacial score (nSPS) is 22.6. The first kappa shape index (κ1) is 15.0. The molecule has 2 rings (SSSR count). The molecule has 0 aliphatic carbocycles. The van der Waals surface area contributed by atoms with Gasteiger partial charge in [-0.1, -0.05) is 0 Å². The zero-order chi connectivity index (χ0) is 14.9. The zero-order valence-corrected chi connectivity index (χ0v) is 12.6. The molecule has 1 saturated heterocycles. The number of aliphatic carboxylic acids is 1. The van der Waals surface area contributed by atoms with Gasteiger partial charge in [0.15, 0.2) is 0 Å². The fourth-order valence-electron chi connectivity index (χ4n) is 2.58. The van der Waals surface area contributed by atoms with E-state index in [0.717, 1.165) is 0 Å². The Morgan fingerprint density at radius 1 is 1.45 bits per heavy atom. The van der Waals surface area contributed by atoms with E-state index < -0.39 is 17.7 Å². The lowest BCUT2D eigenvalue weighted by Crippen LogP contribution is -2.49. The predicted octanol–water partition coefficient (Wildman–Crippen LogP) is 2.91. The molecular weight excluding hydrogens is 329 g/mol. The maximum absolute atomic E-state index is 13.1. The topological polar surface area (TPSA) is 57.6 Å². The van der Waals surface area contributed by atoms with Crippen LogP contribution in [0.2, 0.25) is 0 Å². The van der Waals surface area contributed by atoms with Crippen LogP contribution in [0.5, 0.6) is 0 Å². The lowest BCUT2D eigenvalue weighted by atomic mass is 9.90. The Labute approximate surface area is 124 Å². The lowest BCUT2D eigenvalue weighted by molar-refractivity contribution is -0.144. The molecule has 1 amide bonds. The van der Waals surface area contributed by atoms with Crippen molar-refractivity contribution in [3.8, 4) is 0 Å². The van der Waals surface area contributed by atoms with E-state index in [1.54, 1.807) is 11.8 Å². The highest BCUT2D eigenvalue weighted by molar-refractivity contribution is 9.10. The van der Waals surface area contributed by atoms with Crippen LogP contribution in [0, 0.1) is 11.7 Å². The summed E-state index contributed by atoms with van der Waals surface area (Å²) < 4.78 is 13.4. The summed E-state index contributed by atoms with van der Waals surface area (Å²) in [6.45, 7) is 2.26. The quantitative estimate of drug-likeness (QED) is 0.898. The summed E-state index contributed by atoms with van der Waals surface area (Å²) in [6, 6.07) is 3.50. The maximum atomic E-state index is 13.1. The second-order valence-electron chi connectivity index (χ2n) is 4.95. The van der Waals surface area contributed by atoms with Crippen molar-refractivity contribution >= 4 is 27.8 Å². The Balaban J connectivity index is 2.26.